The van der Waals surface area contributed by atoms with Crippen LogP contribution in [0.15, 0.2) is 79.0 Å². The van der Waals surface area contributed by atoms with Gasteiger partial charge in [0.1, 0.15) is 0 Å². The van der Waals surface area contributed by atoms with Crippen LogP contribution in [0, 0.1) is 13.8 Å². The van der Waals surface area contributed by atoms with Gasteiger partial charge in [-0.05, 0) is 86.1 Å². The van der Waals surface area contributed by atoms with Crippen LogP contribution in [-0.4, -0.2) is 27.7 Å². The second-order valence-electron chi connectivity index (χ2n) is 9.19. The summed E-state index contributed by atoms with van der Waals surface area (Å²) in [6, 6.07) is 23.9. The van der Waals surface area contributed by atoms with E-state index >= 15 is 0 Å². The van der Waals surface area contributed by atoms with Gasteiger partial charge in [0.05, 0.1) is 36.1 Å². The highest BCUT2D eigenvalue weighted by molar-refractivity contribution is 7.80. The van der Waals surface area contributed by atoms with Crippen molar-refractivity contribution in [1.82, 2.24) is 14.9 Å². The Morgan fingerprint density at radius 2 is 1.78 bits per heavy atom. The molecule has 0 bridgehead atoms. The number of nitrogens with zero attached hydrogens (tertiary/aromatic N) is 3. The third-order valence-electron chi connectivity index (χ3n) is 7.06. The van der Waals surface area contributed by atoms with Crippen LogP contribution < -0.4 is 10.2 Å². The highest BCUT2D eigenvalue weighted by Crippen LogP contribution is 2.44. The van der Waals surface area contributed by atoms with Crippen LogP contribution in [0.3, 0.4) is 0 Å². The lowest BCUT2D eigenvalue weighted by atomic mass is 9.96. The molecule has 0 amide bonds. The minimum Gasteiger partial charge on any atom is -0.465 e. The van der Waals surface area contributed by atoms with Crippen LogP contribution >= 0.6 is 12.2 Å². The third kappa shape index (κ3) is 4.40. The van der Waals surface area contributed by atoms with E-state index in [-0.39, 0.29) is 18.1 Å². The van der Waals surface area contributed by atoms with E-state index in [4.69, 9.17) is 17.0 Å². The summed E-state index contributed by atoms with van der Waals surface area (Å²) < 4.78 is 7.19. The first-order chi connectivity index (χ1) is 17.9. The summed E-state index contributed by atoms with van der Waals surface area (Å²) in [6.45, 7) is 6.30. The Morgan fingerprint density at radius 1 is 1.05 bits per heavy atom. The Kier molecular flexibility index (Phi) is 6.80. The SMILES string of the molecule is CCc1ccc(N2C(=S)N[C@H](c3ccccn3)[C@@H]2c2cc(C)n(-c3ccccc3C(=O)OC)c2C)cc1. The zero-order valence-corrected chi connectivity index (χ0v) is 22.3. The van der Waals surface area contributed by atoms with Gasteiger partial charge in [-0.2, -0.15) is 0 Å². The lowest BCUT2D eigenvalue weighted by Gasteiger charge is -2.28. The average Bonchev–Trinajstić information content (AvgIpc) is 3.43. The number of anilines is 1. The normalized spacial score (nSPS) is 17.1. The minimum absolute atomic E-state index is 0.139. The number of hydrogen-bond donors (Lipinski definition) is 1. The van der Waals surface area contributed by atoms with Crippen LogP contribution in [0.2, 0.25) is 0 Å². The van der Waals surface area contributed by atoms with Crippen molar-refractivity contribution >= 4 is 29.0 Å². The fourth-order valence-electron chi connectivity index (χ4n) is 5.25. The van der Waals surface area contributed by atoms with Crippen LogP contribution in [0.5, 0.6) is 0 Å². The van der Waals surface area contributed by atoms with Crippen LogP contribution in [0.25, 0.3) is 5.69 Å². The van der Waals surface area contributed by atoms with Gasteiger partial charge in [0, 0.05) is 23.3 Å². The Morgan fingerprint density at radius 3 is 2.46 bits per heavy atom. The average molecular weight is 511 g/mol. The Bertz CT molecular complexity index is 1450. The number of pyridine rings is 1. The molecule has 1 N–H and O–H groups in total. The van der Waals surface area contributed by atoms with Crippen molar-refractivity contribution in [3.8, 4) is 5.69 Å². The molecule has 0 radical (unpaired) electrons. The quantitative estimate of drug-likeness (QED) is 0.253. The van der Waals surface area contributed by atoms with Gasteiger partial charge in [0.15, 0.2) is 5.11 Å². The smallest absolute Gasteiger partial charge is 0.339 e. The topological polar surface area (TPSA) is 59.4 Å². The number of hydrogen-bond acceptors (Lipinski definition) is 4. The fraction of sp³-hybridized carbons (Fsp3) is 0.233. The molecule has 0 spiro atoms. The van der Waals surface area contributed by atoms with E-state index in [0.717, 1.165) is 40.4 Å². The number of para-hydroxylation sites is 1. The number of benzene rings is 2. The molecule has 5 rings (SSSR count). The maximum Gasteiger partial charge on any atom is 0.339 e. The Balaban J connectivity index is 1.68. The van der Waals surface area contributed by atoms with Gasteiger partial charge in [0.25, 0.3) is 0 Å². The third-order valence-corrected chi connectivity index (χ3v) is 7.37. The van der Waals surface area contributed by atoms with E-state index in [9.17, 15) is 4.79 Å². The van der Waals surface area contributed by atoms with E-state index in [1.165, 1.54) is 12.7 Å². The predicted octanol–water partition coefficient (Wildman–Crippen LogP) is 6.02. The molecule has 1 aliphatic heterocycles. The highest BCUT2D eigenvalue weighted by Gasteiger charge is 2.42. The molecule has 0 unspecified atom stereocenters. The van der Waals surface area contributed by atoms with E-state index in [1.807, 2.05) is 42.6 Å². The largest absolute Gasteiger partial charge is 0.465 e. The molecular weight excluding hydrogens is 480 g/mol. The summed E-state index contributed by atoms with van der Waals surface area (Å²) in [6.07, 6.45) is 2.79. The Labute approximate surface area is 222 Å². The minimum atomic E-state index is -0.364. The lowest BCUT2D eigenvalue weighted by Crippen LogP contribution is -2.29. The summed E-state index contributed by atoms with van der Waals surface area (Å²) in [5, 5.41) is 4.20. The number of methoxy groups -OCH3 is 1. The second kappa shape index (κ2) is 10.2. The summed E-state index contributed by atoms with van der Waals surface area (Å²) in [7, 11) is 1.41. The van der Waals surface area contributed by atoms with E-state index in [0.29, 0.717) is 10.7 Å². The predicted molar refractivity (Wildman–Crippen MR) is 150 cm³/mol. The monoisotopic (exact) mass is 510 g/mol. The van der Waals surface area contributed by atoms with Crippen molar-refractivity contribution in [2.24, 2.45) is 0 Å². The zero-order chi connectivity index (χ0) is 26.1. The number of ether oxygens (including phenoxy) is 1. The summed E-state index contributed by atoms with van der Waals surface area (Å²) in [5.74, 6) is -0.364. The number of esters is 1. The van der Waals surface area contributed by atoms with E-state index in [2.05, 4.69) is 70.9 Å². The molecular formula is C30H30N4O2S. The molecule has 2 aromatic heterocycles. The number of aromatic nitrogens is 2. The van der Waals surface area contributed by atoms with E-state index < -0.39 is 0 Å². The molecule has 7 heteroatoms. The molecule has 4 aromatic rings. The molecule has 37 heavy (non-hydrogen) atoms. The molecule has 1 fully saturated rings. The van der Waals surface area contributed by atoms with Crippen molar-refractivity contribution in [2.75, 3.05) is 12.0 Å². The molecule has 3 heterocycles. The summed E-state index contributed by atoms with van der Waals surface area (Å²) in [4.78, 5) is 19.4. The summed E-state index contributed by atoms with van der Waals surface area (Å²) >= 11 is 5.90. The molecule has 1 saturated heterocycles. The number of aryl methyl sites for hydroxylation is 2. The van der Waals surface area contributed by atoms with Crippen molar-refractivity contribution in [1.29, 1.82) is 0 Å². The number of carbonyl (C=O) groups is 1. The standard InChI is InChI=1S/C30H30N4O2S/c1-5-21-13-15-22(16-14-21)34-28(27(32-30(34)37)25-11-8-9-17-31-25)24-18-19(2)33(20(24)3)26-12-7-6-10-23(26)29(35)36-4/h6-18,27-28H,5H2,1-4H3,(H,32,37)/t27-,28+/m1/s1. The number of rotatable bonds is 6. The molecule has 188 valence electrons. The maximum absolute atomic E-state index is 12.6. The lowest BCUT2D eigenvalue weighted by molar-refractivity contribution is 0.0600. The van der Waals surface area contributed by atoms with Gasteiger partial charge in [-0.3, -0.25) is 4.98 Å². The van der Waals surface area contributed by atoms with Crippen LogP contribution in [0.1, 0.15) is 57.6 Å². The molecule has 1 aliphatic rings. The van der Waals surface area contributed by atoms with Gasteiger partial charge in [-0.15, -0.1) is 0 Å². The summed E-state index contributed by atoms with van der Waals surface area (Å²) in [5.41, 5.74) is 7.69. The van der Waals surface area contributed by atoms with Crippen LogP contribution in [0.4, 0.5) is 5.69 Å². The van der Waals surface area contributed by atoms with Gasteiger partial charge >= 0.3 is 5.97 Å². The van der Waals surface area contributed by atoms with Crippen LogP contribution in [-0.2, 0) is 11.2 Å². The van der Waals surface area contributed by atoms with Gasteiger partial charge in [-0.1, -0.05) is 37.3 Å². The maximum atomic E-state index is 12.6. The van der Waals surface area contributed by atoms with Crippen molar-refractivity contribution < 1.29 is 9.53 Å². The van der Waals surface area contributed by atoms with Crippen molar-refractivity contribution in [3.63, 3.8) is 0 Å². The van der Waals surface area contributed by atoms with Gasteiger partial charge < -0.3 is 19.5 Å². The van der Waals surface area contributed by atoms with E-state index in [1.54, 1.807) is 6.07 Å². The van der Waals surface area contributed by atoms with Gasteiger partial charge in [-0.25, -0.2) is 4.79 Å². The molecule has 0 aliphatic carbocycles. The zero-order valence-electron chi connectivity index (χ0n) is 21.4. The second-order valence-corrected chi connectivity index (χ2v) is 9.57. The molecule has 2 aromatic carbocycles. The number of carbonyl (C=O) groups excluding carboxylic acids is 1. The number of thiocarbonyl (C=S) groups is 1. The Hall–Kier alpha value is -3.97. The number of nitrogens with one attached hydrogen (secondary N) is 1. The molecule has 2 atom stereocenters. The van der Waals surface area contributed by atoms with Crippen molar-refractivity contribution in [3.05, 3.63) is 113 Å². The van der Waals surface area contributed by atoms with Gasteiger partial charge in [0.2, 0.25) is 0 Å². The first kappa shape index (κ1) is 24.7. The first-order valence-corrected chi connectivity index (χ1v) is 12.8. The molecule has 6 nitrogen and oxygen atoms in total. The van der Waals surface area contributed by atoms with Crippen molar-refractivity contribution in [2.45, 2.75) is 39.3 Å². The molecule has 0 saturated carbocycles. The first-order valence-electron chi connectivity index (χ1n) is 12.4. The fourth-order valence-corrected chi connectivity index (χ4v) is 5.60. The highest BCUT2D eigenvalue weighted by atomic mass is 32.1.